The molecule has 0 atom stereocenters. The van der Waals surface area contributed by atoms with Crippen LogP contribution in [0.15, 0.2) is 12.1 Å². The highest BCUT2D eigenvalue weighted by Gasteiger charge is 2.21. The molecule has 0 N–H and O–H groups in total. The molecule has 0 aliphatic heterocycles. The summed E-state index contributed by atoms with van der Waals surface area (Å²) in [6.07, 6.45) is 0. The molecule has 7 heteroatoms. The lowest BCUT2D eigenvalue weighted by Gasteiger charge is -2.13. The summed E-state index contributed by atoms with van der Waals surface area (Å²) in [7, 11) is 1.04. The number of alkyl halides is 3. The van der Waals surface area contributed by atoms with Crippen LogP contribution in [0, 0.1) is 5.82 Å². The molecule has 0 amide bonds. The Morgan fingerprint density at radius 1 is 1.47 bits per heavy atom. The first-order valence-corrected chi connectivity index (χ1v) is 4.94. The number of carbonyl (C=O) groups is 1. The molecular formula is C10H8ClF3O3. The van der Waals surface area contributed by atoms with E-state index in [2.05, 4.69) is 9.47 Å². The number of benzene rings is 1. The molecule has 0 saturated heterocycles. The van der Waals surface area contributed by atoms with Gasteiger partial charge in [0.25, 0.3) is 0 Å². The van der Waals surface area contributed by atoms with Crippen LogP contribution in [0.5, 0.6) is 5.75 Å². The van der Waals surface area contributed by atoms with Crippen molar-refractivity contribution in [3.05, 3.63) is 29.1 Å². The maximum atomic E-state index is 13.1. The molecule has 94 valence electrons. The van der Waals surface area contributed by atoms with Crippen molar-refractivity contribution >= 4 is 17.6 Å². The summed E-state index contributed by atoms with van der Waals surface area (Å²) < 4.78 is 46.0. The van der Waals surface area contributed by atoms with Crippen molar-refractivity contribution in [3.63, 3.8) is 0 Å². The van der Waals surface area contributed by atoms with Gasteiger partial charge in [-0.2, -0.15) is 8.78 Å². The van der Waals surface area contributed by atoms with Gasteiger partial charge in [0.15, 0.2) is 0 Å². The monoisotopic (exact) mass is 268 g/mol. The van der Waals surface area contributed by atoms with E-state index >= 15 is 0 Å². The molecule has 1 aromatic rings. The standard InChI is InChI=1S/C10H8ClF3O3/c1-16-9(15)7-3-6(12)2-5(4-11)8(7)17-10(13)14/h2-3,10H,4H2,1H3. The second kappa shape index (κ2) is 5.77. The molecule has 0 aliphatic carbocycles. The smallest absolute Gasteiger partial charge is 0.387 e. The summed E-state index contributed by atoms with van der Waals surface area (Å²) in [6.45, 7) is -3.15. The largest absolute Gasteiger partial charge is 0.465 e. The zero-order valence-corrected chi connectivity index (χ0v) is 9.43. The average Bonchev–Trinajstić information content (AvgIpc) is 2.29. The molecular weight excluding hydrogens is 261 g/mol. The minimum absolute atomic E-state index is 0.0487. The predicted octanol–water partition coefficient (Wildman–Crippen LogP) is 2.95. The van der Waals surface area contributed by atoms with Crippen molar-refractivity contribution in [3.8, 4) is 5.75 Å². The molecule has 0 fully saturated rings. The van der Waals surface area contributed by atoms with Gasteiger partial charge in [0.2, 0.25) is 0 Å². The van der Waals surface area contributed by atoms with Crippen LogP contribution in [0.25, 0.3) is 0 Å². The van der Waals surface area contributed by atoms with E-state index in [0.29, 0.717) is 0 Å². The Balaban J connectivity index is 3.33. The SMILES string of the molecule is COC(=O)c1cc(F)cc(CCl)c1OC(F)F. The van der Waals surface area contributed by atoms with E-state index in [9.17, 15) is 18.0 Å². The van der Waals surface area contributed by atoms with Crippen molar-refractivity contribution in [2.24, 2.45) is 0 Å². The van der Waals surface area contributed by atoms with Gasteiger partial charge in [0.05, 0.1) is 13.0 Å². The molecule has 3 nitrogen and oxygen atoms in total. The van der Waals surface area contributed by atoms with Crippen LogP contribution in [-0.2, 0) is 10.6 Å². The summed E-state index contributed by atoms with van der Waals surface area (Å²) in [4.78, 5) is 11.3. The number of esters is 1. The van der Waals surface area contributed by atoms with E-state index < -0.39 is 29.7 Å². The molecule has 0 aromatic heterocycles. The molecule has 17 heavy (non-hydrogen) atoms. The van der Waals surface area contributed by atoms with Crippen LogP contribution in [-0.4, -0.2) is 19.7 Å². The van der Waals surface area contributed by atoms with Gasteiger partial charge in [-0.25, -0.2) is 9.18 Å². The maximum Gasteiger partial charge on any atom is 0.387 e. The van der Waals surface area contributed by atoms with E-state index in [1.54, 1.807) is 0 Å². The lowest BCUT2D eigenvalue weighted by molar-refractivity contribution is -0.0509. The van der Waals surface area contributed by atoms with Crippen molar-refractivity contribution in [2.75, 3.05) is 7.11 Å². The van der Waals surface area contributed by atoms with E-state index in [0.717, 1.165) is 19.2 Å². The molecule has 0 saturated carbocycles. The Morgan fingerprint density at radius 2 is 2.12 bits per heavy atom. The van der Waals surface area contributed by atoms with Crippen molar-refractivity contribution in [1.29, 1.82) is 0 Å². The van der Waals surface area contributed by atoms with Crippen LogP contribution in [0.1, 0.15) is 15.9 Å². The van der Waals surface area contributed by atoms with Gasteiger partial charge < -0.3 is 9.47 Å². The third kappa shape index (κ3) is 3.26. The van der Waals surface area contributed by atoms with Gasteiger partial charge in [0, 0.05) is 5.56 Å². The normalized spacial score (nSPS) is 10.5. The second-order valence-electron chi connectivity index (χ2n) is 2.95. The first kappa shape index (κ1) is 13.6. The van der Waals surface area contributed by atoms with Crippen LogP contribution in [0.4, 0.5) is 13.2 Å². The van der Waals surface area contributed by atoms with E-state index in [-0.39, 0.29) is 11.4 Å². The topological polar surface area (TPSA) is 35.5 Å². The van der Waals surface area contributed by atoms with Gasteiger partial charge in [-0.05, 0) is 12.1 Å². The quantitative estimate of drug-likeness (QED) is 0.622. The van der Waals surface area contributed by atoms with Gasteiger partial charge >= 0.3 is 12.6 Å². The summed E-state index contributed by atoms with van der Waals surface area (Å²) in [5.41, 5.74) is -0.476. The fourth-order valence-corrected chi connectivity index (χ4v) is 1.44. The summed E-state index contributed by atoms with van der Waals surface area (Å²) in [5.74, 6) is -2.51. The van der Waals surface area contributed by atoms with Crippen molar-refractivity contribution in [1.82, 2.24) is 0 Å². The Hall–Kier alpha value is -1.43. The fraction of sp³-hybridized carbons (Fsp3) is 0.300. The molecule has 1 aromatic carbocycles. The van der Waals surface area contributed by atoms with Crippen molar-refractivity contribution in [2.45, 2.75) is 12.5 Å². The number of hydrogen-bond acceptors (Lipinski definition) is 3. The summed E-state index contributed by atoms with van der Waals surface area (Å²) in [5, 5.41) is 0. The van der Waals surface area contributed by atoms with Gasteiger partial charge in [0.1, 0.15) is 17.1 Å². The first-order chi connectivity index (χ1) is 7.99. The predicted molar refractivity (Wildman–Crippen MR) is 53.9 cm³/mol. The molecule has 0 unspecified atom stereocenters. The maximum absolute atomic E-state index is 13.1. The number of carbonyl (C=O) groups excluding carboxylic acids is 1. The first-order valence-electron chi connectivity index (χ1n) is 4.41. The minimum atomic E-state index is -3.15. The minimum Gasteiger partial charge on any atom is -0.465 e. The third-order valence-corrected chi connectivity index (χ3v) is 2.17. The summed E-state index contributed by atoms with van der Waals surface area (Å²) in [6, 6.07) is 1.66. The molecule has 0 bridgehead atoms. The Morgan fingerprint density at radius 3 is 2.59 bits per heavy atom. The Labute approximate surface area is 100 Å². The van der Waals surface area contributed by atoms with E-state index in [1.165, 1.54) is 0 Å². The zero-order chi connectivity index (χ0) is 13.0. The average molecular weight is 269 g/mol. The Bertz CT molecular complexity index is 424. The molecule has 0 heterocycles. The third-order valence-electron chi connectivity index (χ3n) is 1.89. The number of halogens is 4. The molecule has 0 aliphatic rings. The van der Waals surface area contributed by atoms with Gasteiger partial charge in [-0.3, -0.25) is 0 Å². The highest BCUT2D eigenvalue weighted by Crippen LogP contribution is 2.29. The van der Waals surface area contributed by atoms with Crippen molar-refractivity contribution < 1.29 is 27.4 Å². The van der Waals surface area contributed by atoms with Gasteiger partial charge in [-0.1, -0.05) is 0 Å². The van der Waals surface area contributed by atoms with E-state index in [1.807, 2.05) is 0 Å². The molecule has 0 spiro atoms. The lowest BCUT2D eigenvalue weighted by atomic mass is 10.1. The fourth-order valence-electron chi connectivity index (χ4n) is 1.24. The van der Waals surface area contributed by atoms with E-state index in [4.69, 9.17) is 11.6 Å². The van der Waals surface area contributed by atoms with Crippen LogP contribution in [0.3, 0.4) is 0 Å². The zero-order valence-electron chi connectivity index (χ0n) is 8.68. The highest BCUT2D eigenvalue weighted by atomic mass is 35.5. The number of hydrogen-bond donors (Lipinski definition) is 0. The van der Waals surface area contributed by atoms with Crippen LogP contribution in [0.2, 0.25) is 0 Å². The molecule has 1 rings (SSSR count). The highest BCUT2D eigenvalue weighted by molar-refractivity contribution is 6.17. The summed E-state index contributed by atoms with van der Waals surface area (Å²) >= 11 is 5.46. The Kier molecular flexibility index (Phi) is 4.62. The molecule has 0 radical (unpaired) electrons. The van der Waals surface area contributed by atoms with Crippen LogP contribution < -0.4 is 4.74 Å². The number of ether oxygens (including phenoxy) is 2. The lowest BCUT2D eigenvalue weighted by Crippen LogP contribution is -2.11. The number of methoxy groups -OCH3 is 1. The second-order valence-corrected chi connectivity index (χ2v) is 3.21. The van der Waals surface area contributed by atoms with Crippen LogP contribution >= 0.6 is 11.6 Å². The number of rotatable bonds is 4. The van der Waals surface area contributed by atoms with Gasteiger partial charge in [-0.15, -0.1) is 11.6 Å².